The molecule has 2 aliphatic rings. The number of nitrogens with zero attached hydrogens (tertiary/aromatic N) is 1. The zero-order chi connectivity index (χ0) is 16.3. The first kappa shape index (κ1) is 15.4. The summed E-state index contributed by atoms with van der Waals surface area (Å²) in [6, 6.07) is 4.20. The third-order valence-corrected chi connectivity index (χ3v) is 5.27. The second-order valence-corrected chi connectivity index (χ2v) is 6.95. The van der Waals surface area contributed by atoms with Crippen LogP contribution in [0.25, 0.3) is 0 Å². The van der Waals surface area contributed by atoms with Gasteiger partial charge in [0, 0.05) is 13.0 Å². The first-order valence-corrected chi connectivity index (χ1v) is 7.61. The van der Waals surface area contributed by atoms with E-state index in [9.17, 15) is 18.0 Å². The van der Waals surface area contributed by atoms with Crippen molar-refractivity contribution < 1.29 is 18.0 Å². The molecule has 22 heavy (non-hydrogen) atoms. The number of hydrogen-bond donors (Lipinski definition) is 0. The van der Waals surface area contributed by atoms with E-state index in [1.165, 1.54) is 19.1 Å². The van der Waals surface area contributed by atoms with Gasteiger partial charge in [-0.15, -0.1) is 0 Å². The monoisotopic (exact) mass is 311 g/mol. The van der Waals surface area contributed by atoms with Crippen LogP contribution in [-0.4, -0.2) is 22.8 Å². The molecule has 1 amide bonds. The maximum atomic E-state index is 13.9. The van der Waals surface area contributed by atoms with Gasteiger partial charge in [-0.25, -0.2) is 13.2 Å². The Bertz CT molecular complexity index is 605. The summed E-state index contributed by atoms with van der Waals surface area (Å²) in [5.74, 6) is -3.92. The highest BCUT2D eigenvalue weighted by Crippen LogP contribution is 2.54. The first-order chi connectivity index (χ1) is 10.1. The average molecular weight is 311 g/mol. The molecular weight excluding hydrogens is 291 g/mol. The molecule has 0 bridgehead atoms. The van der Waals surface area contributed by atoms with Crippen LogP contribution in [-0.2, 0) is 4.79 Å². The standard InChI is InChI=1S/C17H20F3NO/c1-10-6-11(8-12(18)7-10)14-5-4-13-9-16(2,17(3,19)20)15(22)21(13)14/h6-8,13-14H,4-5,9H2,1-3H3/t13-,14+,16?/m1/s1. The molecule has 0 radical (unpaired) electrons. The molecule has 3 atom stereocenters. The van der Waals surface area contributed by atoms with E-state index in [1.54, 1.807) is 11.8 Å². The Kier molecular flexibility index (Phi) is 3.31. The third-order valence-electron chi connectivity index (χ3n) is 5.27. The van der Waals surface area contributed by atoms with Crippen LogP contribution >= 0.6 is 0 Å². The second kappa shape index (κ2) is 4.74. The fourth-order valence-electron chi connectivity index (χ4n) is 3.89. The Labute approximate surface area is 128 Å². The highest BCUT2D eigenvalue weighted by atomic mass is 19.3. The fourth-order valence-corrected chi connectivity index (χ4v) is 3.89. The van der Waals surface area contributed by atoms with Crippen LogP contribution < -0.4 is 0 Å². The SMILES string of the molecule is Cc1cc(F)cc([C@@H]2CC[C@@H]3CC(C)(C(C)(F)F)C(=O)N32)c1. The van der Waals surface area contributed by atoms with E-state index < -0.39 is 17.2 Å². The van der Waals surface area contributed by atoms with Crippen molar-refractivity contribution in [2.24, 2.45) is 5.41 Å². The van der Waals surface area contributed by atoms with Crippen molar-refractivity contribution in [1.82, 2.24) is 4.90 Å². The molecule has 120 valence electrons. The van der Waals surface area contributed by atoms with Gasteiger partial charge in [0.15, 0.2) is 0 Å². The van der Waals surface area contributed by atoms with E-state index in [0.717, 1.165) is 12.5 Å². The topological polar surface area (TPSA) is 20.3 Å². The van der Waals surface area contributed by atoms with Crippen LogP contribution in [0.1, 0.15) is 50.3 Å². The lowest BCUT2D eigenvalue weighted by Crippen LogP contribution is -2.44. The number of benzene rings is 1. The molecule has 0 aromatic heterocycles. The molecular formula is C17H20F3NO. The van der Waals surface area contributed by atoms with E-state index in [4.69, 9.17) is 0 Å². The minimum Gasteiger partial charge on any atom is -0.332 e. The molecule has 0 aliphatic carbocycles. The summed E-state index contributed by atoms with van der Waals surface area (Å²) in [7, 11) is 0. The molecule has 1 aromatic rings. The van der Waals surface area contributed by atoms with E-state index in [2.05, 4.69) is 0 Å². The Morgan fingerprint density at radius 1 is 1.27 bits per heavy atom. The van der Waals surface area contributed by atoms with Gasteiger partial charge in [0.05, 0.1) is 6.04 Å². The zero-order valence-corrected chi connectivity index (χ0v) is 13.0. The highest BCUT2D eigenvalue weighted by molar-refractivity contribution is 5.87. The van der Waals surface area contributed by atoms with Gasteiger partial charge in [-0.3, -0.25) is 4.79 Å². The fraction of sp³-hybridized carbons (Fsp3) is 0.588. The van der Waals surface area contributed by atoms with Gasteiger partial charge in [0.25, 0.3) is 5.92 Å². The van der Waals surface area contributed by atoms with Crippen LogP contribution in [0.5, 0.6) is 0 Å². The van der Waals surface area contributed by atoms with Crippen molar-refractivity contribution in [2.45, 2.75) is 58.0 Å². The number of fused-ring (bicyclic) bond motifs is 1. The first-order valence-electron chi connectivity index (χ1n) is 7.61. The molecule has 2 heterocycles. The Morgan fingerprint density at radius 2 is 1.95 bits per heavy atom. The molecule has 1 aromatic carbocycles. The largest absolute Gasteiger partial charge is 0.332 e. The predicted octanol–water partition coefficient (Wildman–Crippen LogP) is 4.23. The smallest absolute Gasteiger partial charge is 0.259 e. The van der Waals surface area contributed by atoms with Gasteiger partial charge in [0.2, 0.25) is 5.91 Å². The number of halogens is 3. The maximum absolute atomic E-state index is 13.9. The van der Waals surface area contributed by atoms with E-state index in [1.807, 2.05) is 6.07 Å². The number of amides is 1. The van der Waals surface area contributed by atoms with Crippen molar-refractivity contribution in [1.29, 1.82) is 0 Å². The number of carbonyl (C=O) groups excluding carboxylic acids is 1. The van der Waals surface area contributed by atoms with Crippen molar-refractivity contribution >= 4 is 5.91 Å². The Morgan fingerprint density at radius 3 is 2.55 bits per heavy atom. The quantitative estimate of drug-likeness (QED) is 0.800. The van der Waals surface area contributed by atoms with Gasteiger partial charge in [-0.1, -0.05) is 6.07 Å². The van der Waals surface area contributed by atoms with Gasteiger partial charge in [0.1, 0.15) is 11.2 Å². The summed E-state index contributed by atoms with van der Waals surface area (Å²) in [5.41, 5.74) is -0.177. The minimum atomic E-state index is -3.06. The summed E-state index contributed by atoms with van der Waals surface area (Å²) in [6.45, 7) is 3.95. The Balaban J connectivity index is 1.97. The summed E-state index contributed by atoms with van der Waals surface area (Å²) in [5, 5.41) is 0. The third kappa shape index (κ3) is 2.13. The normalized spacial score (nSPS) is 31.7. The molecule has 0 N–H and O–H groups in total. The van der Waals surface area contributed by atoms with Crippen molar-refractivity contribution in [2.75, 3.05) is 0 Å². The molecule has 0 spiro atoms. The molecule has 2 nitrogen and oxygen atoms in total. The van der Waals surface area contributed by atoms with Crippen LogP contribution in [0.3, 0.4) is 0 Å². The minimum absolute atomic E-state index is 0.167. The van der Waals surface area contributed by atoms with E-state index >= 15 is 0 Å². The number of aryl methyl sites for hydroxylation is 1. The molecule has 3 rings (SSSR count). The van der Waals surface area contributed by atoms with Gasteiger partial charge in [-0.2, -0.15) is 0 Å². The number of alkyl halides is 2. The van der Waals surface area contributed by atoms with Crippen molar-refractivity contribution in [3.05, 3.63) is 35.1 Å². The molecule has 2 aliphatic heterocycles. The summed E-state index contributed by atoms with van der Waals surface area (Å²) in [6.07, 6.45) is 1.56. The van der Waals surface area contributed by atoms with E-state index in [0.29, 0.717) is 18.4 Å². The lowest BCUT2D eigenvalue weighted by molar-refractivity contribution is -0.156. The van der Waals surface area contributed by atoms with Gasteiger partial charge >= 0.3 is 0 Å². The van der Waals surface area contributed by atoms with Crippen molar-refractivity contribution in [3.63, 3.8) is 0 Å². The highest BCUT2D eigenvalue weighted by Gasteiger charge is 2.62. The van der Waals surface area contributed by atoms with Crippen LogP contribution in [0, 0.1) is 18.2 Å². The van der Waals surface area contributed by atoms with Gasteiger partial charge < -0.3 is 4.90 Å². The second-order valence-electron chi connectivity index (χ2n) is 6.95. The summed E-state index contributed by atoms with van der Waals surface area (Å²) < 4.78 is 41.5. The lowest BCUT2D eigenvalue weighted by atomic mass is 9.80. The molecule has 5 heteroatoms. The van der Waals surface area contributed by atoms with Crippen molar-refractivity contribution in [3.8, 4) is 0 Å². The van der Waals surface area contributed by atoms with Crippen LogP contribution in [0.2, 0.25) is 0 Å². The average Bonchev–Trinajstić information content (AvgIpc) is 2.88. The molecule has 1 unspecified atom stereocenters. The number of rotatable bonds is 2. The summed E-state index contributed by atoms with van der Waals surface area (Å²) >= 11 is 0. The number of carbonyl (C=O) groups is 1. The van der Waals surface area contributed by atoms with E-state index in [-0.39, 0.29) is 24.3 Å². The van der Waals surface area contributed by atoms with Crippen LogP contribution in [0.15, 0.2) is 18.2 Å². The zero-order valence-electron chi connectivity index (χ0n) is 13.0. The molecule has 2 saturated heterocycles. The summed E-state index contributed by atoms with van der Waals surface area (Å²) in [4.78, 5) is 14.2. The molecule has 2 fully saturated rings. The van der Waals surface area contributed by atoms with Gasteiger partial charge in [-0.05, 0) is 56.4 Å². The Hall–Kier alpha value is -1.52. The maximum Gasteiger partial charge on any atom is 0.259 e. The lowest BCUT2D eigenvalue weighted by Gasteiger charge is -2.31. The molecule has 0 saturated carbocycles. The predicted molar refractivity (Wildman–Crippen MR) is 77.1 cm³/mol. The van der Waals surface area contributed by atoms with Crippen LogP contribution in [0.4, 0.5) is 13.2 Å². The number of hydrogen-bond acceptors (Lipinski definition) is 1.